The second-order valence-electron chi connectivity index (χ2n) is 4.77. The van der Waals surface area contributed by atoms with Gasteiger partial charge in [-0.25, -0.2) is 0 Å². The smallest absolute Gasteiger partial charge is 0.229 e. The van der Waals surface area contributed by atoms with Crippen molar-refractivity contribution in [2.24, 2.45) is 0 Å². The molecule has 17 heavy (non-hydrogen) atoms. The Morgan fingerprint density at radius 3 is 2.76 bits per heavy atom. The Bertz CT molecular complexity index is 377. The van der Waals surface area contributed by atoms with Crippen molar-refractivity contribution in [2.75, 3.05) is 19.6 Å². The zero-order valence-corrected chi connectivity index (χ0v) is 10.5. The first-order valence-corrected chi connectivity index (χ1v) is 6.25. The lowest BCUT2D eigenvalue weighted by Crippen LogP contribution is -2.52. The monoisotopic (exact) mass is 232 g/mol. The van der Waals surface area contributed by atoms with Crippen molar-refractivity contribution in [3.8, 4) is 0 Å². The van der Waals surface area contributed by atoms with Crippen LogP contribution in [0.25, 0.3) is 0 Å². The second-order valence-corrected chi connectivity index (χ2v) is 4.77. The molecule has 1 amide bonds. The van der Waals surface area contributed by atoms with E-state index in [1.807, 2.05) is 42.2 Å². The number of carbonyl (C=O) groups is 1. The molecule has 0 bridgehead atoms. The predicted octanol–water partition coefficient (Wildman–Crippen LogP) is 1.61. The topological polar surface area (TPSA) is 32.3 Å². The van der Waals surface area contributed by atoms with Gasteiger partial charge in [-0.1, -0.05) is 30.3 Å². The number of piperazine rings is 1. The summed E-state index contributed by atoms with van der Waals surface area (Å²) in [6, 6.07) is 10.4. The number of carbonyl (C=O) groups excluding carboxylic acids is 1. The summed E-state index contributed by atoms with van der Waals surface area (Å²) in [6.45, 7) is 6.64. The average Bonchev–Trinajstić information content (AvgIpc) is 2.38. The number of hydrogen-bond donors (Lipinski definition) is 1. The maximum absolute atomic E-state index is 12.3. The molecule has 1 aromatic rings. The largest absolute Gasteiger partial charge is 0.339 e. The number of nitrogens with one attached hydrogen (secondary N) is 1. The molecule has 1 fully saturated rings. The van der Waals surface area contributed by atoms with E-state index in [-0.39, 0.29) is 11.8 Å². The highest BCUT2D eigenvalue weighted by Crippen LogP contribution is 2.18. The molecular formula is C14H20N2O. The van der Waals surface area contributed by atoms with E-state index < -0.39 is 0 Å². The van der Waals surface area contributed by atoms with Crippen LogP contribution in [0.5, 0.6) is 0 Å². The fraction of sp³-hybridized carbons (Fsp3) is 0.500. The van der Waals surface area contributed by atoms with E-state index in [0.29, 0.717) is 6.04 Å². The van der Waals surface area contributed by atoms with Crippen LogP contribution in [0.15, 0.2) is 30.3 Å². The zero-order chi connectivity index (χ0) is 12.3. The van der Waals surface area contributed by atoms with Crippen molar-refractivity contribution in [3.05, 3.63) is 35.9 Å². The molecule has 2 unspecified atom stereocenters. The maximum Gasteiger partial charge on any atom is 0.229 e. The van der Waals surface area contributed by atoms with Gasteiger partial charge in [0.05, 0.1) is 5.92 Å². The summed E-state index contributed by atoms with van der Waals surface area (Å²) in [5.41, 5.74) is 1.10. The standard InChI is InChI=1S/C14H20N2O/c1-11-10-16(9-8-15-11)14(17)12(2)13-6-4-3-5-7-13/h3-7,11-12,15H,8-10H2,1-2H3. The van der Waals surface area contributed by atoms with Crippen molar-refractivity contribution in [1.82, 2.24) is 10.2 Å². The number of rotatable bonds is 2. The molecular weight excluding hydrogens is 212 g/mol. The van der Waals surface area contributed by atoms with Gasteiger partial charge in [0, 0.05) is 25.7 Å². The molecule has 0 aromatic heterocycles. The van der Waals surface area contributed by atoms with Crippen molar-refractivity contribution >= 4 is 5.91 Å². The molecule has 0 aliphatic carbocycles. The summed E-state index contributed by atoms with van der Waals surface area (Å²) >= 11 is 0. The minimum Gasteiger partial charge on any atom is -0.339 e. The van der Waals surface area contributed by atoms with Gasteiger partial charge in [-0.3, -0.25) is 4.79 Å². The van der Waals surface area contributed by atoms with Crippen molar-refractivity contribution in [3.63, 3.8) is 0 Å². The van der Waals surface area contributed by atoms with E-state index in [9.17, 15) is 4.79 Å². The van der Waals surface area contributed by atoms with Crippen LogP contribution in [0.1, 0.15) is 25.3 Å². The van der Waals surface area contributed by atoms with Gasteiger partial charge >= 0.3 is 0 Å². The summed E-state index contributed by atoms with van der Waals surface area (Å²) in [5.74, 6) is 0.200. The van der Waals surface area contributed by atoms with Gasteiger partial charge in [-0.05, 0) is 19.4 Å². The fourth-order valence-corrected chi connectivity index (χ4v) is 2.29. The molecule has 2 rings (SSSR count). The summed E-state index contributed by atoms with van der Waals surface area (Å²) in [5, 5.41) is 3.35. The molecule has 3 nitrogen and oxygen atoms in total. The lowest BCUT2D eigenvalue weighted by molar-refractivity contribution is -0.133. The molecule has 1 N–H and O–H groups in total. The first-order valence-electron chi connectivity index (χ1n) is 6.25. The van der Waals surface area contributed by atoms with Gasteiger partial charge < -0.3 is 10.2 Å². The van der Waals surface area contributed by atoms with Gasteiger partial charge in [0.25, 0.3) is 0 Å². The van der Waals surface area contributed by atoms with Crippen LogP contribution in [-0.4, -0.2) is 36.5 Å². The van der Waals surface area contributed by atoms with E-state index >= 15 is 0 Å². The molecule has 1 aliphatic rings. The van der Waals surface area contributed by atoms with Gasteiger partial charge in [-0.15, -0.1) is 0 Å². The Kier molecular flexibility index (Phi) is 3.79. The molecule has 1 aliphatic heterocycles. The maximum atomic E-state index is 12.3. The summed E-state index contributed by atoms with van der Waals surface area (Å²) in [4.78, 5) is 14.3. The molecule has 1 aromatic carbocycles. The van der Waals surface area contributed by atoms with Crippen LogP contribution < -0.4 is 5.32 Å². The van der Waals surface area contributed by atoms with Gasteiger partial charge in [-0.2, -0.15) is 0 Å². The molecule has 0 saturated carbocycles. The Hall–Kier alpha value is -1.35. The molecule has 1 saturated heterocycles. The normalized spacial score (nSPS) is 22.2. The minimum absolute atomic E-state index is 0.0403. The highest BCUT2D eigenvalue weighted by molar-refractivity contribution is 5.83. The van der Waals surface area contributed by atoms with E-state index in [0.717, 1.165) is 25.2 Å². The molecule has 2 atom stereocenters. The molecule has 0 spiro atoms. The molecule has 3 heteroatoms. The van der Waals surface area contributed by atoms with Gasteiger partial charge in [0.2, 0.25) is 5.91 Å². The minimum atomic E-state index is -0.0403. The Morgan fingerprint density at radius 1 is 1.41 bits per heavy atom. The van der Waals surface area contributed by atoms with Crippen LogP contribution in [0, 0.1) is 0 Å². The average molecular weight is 232 g/mol. The van der Waals surface area contributed by atoms with Gasteiger partial charge in [0.1, 0.15) is 0 Å². The molecule has 92 valence electrons. The Balaban J connectivity index is 2.04. The van der Waals surface area contributed by atoms with Crippen LogP contribution in [-0.2, 0) is 4.79 Å². The van der Waals surface area contributed by atoms with E-state index in [1.54, 1.807) is 0 Å². The number of nitrogens with zero attached hydrogens (tertiary/aromatic N) is 1. The third kappa shape index (κ3) is 2.86. The Labute approximate surface area is 103 Å². The van der Waals surface area contributed by atoms with E-state index in [4.69, 9.17) is 0 Å². The Morgan fingerprint density at radius 2 is 2.12 bits per heavy atom. The number of hydrogen-bond acceptors (Lipinski definition) is 2. The quantitative estimate of drug-likeness (QED) is 0.840. The first kappa shape index (κ1) is 12.1. The number of benzene rings is 1. The third-order valence-electron chi connectivity index (χ3n) is 3.35. The van der Waals surface area contributed by atoms with Crippen LogP contribution in [0.3, 0.4) is 0 Å². The van der Waals surface area contributed by atoms with Crippen LogP contribution in [0.2, 0.25) is 0 Å². The second kappa shape index (κ2) is 5.32. The predicted molar refractivity (Wildman–Crippen MR) is 68.9 cm³/mol. The van der Waals surface area contributed by atoms with Crippen molar-refractivity contribution < 1.29 is 4.79 Å². The lowest BCUT2D eigenvalue weighted by Gasteiger charge is -2.33. The van der Waals surface area contributed by atoms with Gasteiger partial charge in [0.15, 0.2) is 0 Å². The number of amides is 1. The van der Waals surface area contributed by atoms with Crippen molar-refractivity contribution in [2.45, 2.75) is 25.8 Å². The summed E-state index contributed by atoms with van der Waals surface area (Å²) in [7, 11) is 0. The van der Waals surface area contributed by atoms with Crippen molar-refractivity contribution in [1.29, 1.82) is 0 Å². The fourth-order valence-electron chi connectivity index (χ4n) is 2.29. The molecule has 1 heterocycles. The first-order chi connectivity index (χ1) is 8.18. The van der Waals surface area contributed by atoms with Crippen LogP contribution >= 0.6 is 0 Å². The third-order valence-corrected chi connectivity index (χ3v) is 3.35. The van der Waals surface area contributed by atoms with E-state index in [2.05, 4.69) is 12.2 Å². The lowest BCUT2D eigenvalue weighted by atomic mass is 9.99. The molecule has 0 radical (unpaired) electrons. The zero-order valence-electron chi connectivity index (χ0n) is 10.5. The highest BCUT2D eigenvalue weighted by atomic mass is 16.2. The highest BCUT2D eigenvalue weighted by Gasteiger charge is 2.25. The van der Waals surface area contributed by atoms with E-state index in [1.165, 1.54) is 0 Å². The van der Waals surface area contributed by atoms with Crippen LogP contribution in [0.4, 0.5) is 0 Å². The summed E-state index contributed by atoms with van der Waals surface area (Å²) in [6.07, 6.45) is 0. The summed E-state index contributed by atoms with van der Waals surface area (Å²) < 4.78 is 0. The SMILES string of the molecule is CC1CN(C(=O)C(C)c2ccccc2)CCN1.